The Morgan fingerprint density at radius 1 is 1.04 bits per heavy atom. The molecule has 2 amide bonds. The van der Waals surface area contributed by atoms with E-state index in [0.29, 0.717) is 5.56 Å². The van der Waals surface area contributed by atoms with E-state index < -0.39 is 11.5 Å². The van der Waals surface area contributed by atoms with E-state index in [1.165, 1.54) is 24.3 Å². The van der Waals surface area contributed by atoms with Crippen molar-refractivity contribution in [2.45, 2.75) is 23.6 Å². The first-order valence-corrected chi connectivity index (χ1v) is 7.78. The van der Waals surface area contributed by atoms with Gasteiger partial charge in [0.2, 0.25) is 0 Å². The molecule has 0 saturated carbocycles. The number of rotatable bonds is 5. The average Bonchev–Trinajstić information content (AvgIpc) is 2.53. The number of halogens is 3. The van der Waals surface area contributed by atoms with Crippen molar-refractivity contribution in [2.75, 3.05) is 5.32 Å². The molecule has 2 aromatic rings. The van der Waals surface area contributed by atoms with E-state index in [2.05, 4.69) is 10.6 Å². The maximum Gasteiger partial charge on any atom is 0.446 e. The number of benzene rings is 2. The zero-order valence-corrected chi connectivity index (χ0v) is 13.2. The number of carbonyl (C=O) groups is 1. The number of para-hydroxylation sites is 1. The van der Waals surface area contributed by atoms with Gasteiger partial charge in [-0.2, -0.15) is 13.2 Å². The minimum Gasteiger partial charge on any atom is -0.392 e. The highest BCUT2D eigenvalue weighted by atomic mass is 32.2. The second-order valence-corrected chi connectivity index (χ2v) is 5.89. The molecule has 128 valence electrons. The highest BCUT2D eigenvalue weighted by molar-refractivity contribution is 8.00. The van der Waals surface area contributed by atoms with Gasteiger partial charge in [-0.15, -0.1) is 0 Å². The van der Waals surface area contributed by atoms with Gasteiger partial charge in [0.05, 0.1) is 12.3 Å². The fraction of sp³-hybridized carbons (Fsp3) is 0.188. The van der Waals surface area contributed by atoms with Crippen LogP contribution >= 0.6 is 11.8 Å². The van der Waals surface area contributed by atoms with Gasteiger partial charge in [-0.25, -0.2) is 4.79 Å². The number of amides is 2. The van der Waals surface area contributed by atoms with E-state index in [0.717, 1.165) is 5.56 Å². The van der Waals surface area contributed by atoms with E-state index >= 15 is 0 Å². The van der Waals surface area contributed by atoms with Crippen LogP contribution in [0.25, 0.3) is 0 Å². The Balaban J connectivity index is 2.00. The number of nitrogens with one attached hydrogen (secondary N) is 2. The Kier molecular flexibility index (Phi) is 6.10. The van der Waals surface area contributed by atoms with Crippen molar-refractivity contribution in [2.24, 2.45) is 0 Å². The standard InChI is InChI=1S/C16H15F3N2O2S/c17-16(18,19)24-14-8-4-3-7-13(14)21-15(23)20-9-11-5-1-2-6-12(11)10-22/h1-8,22H,9-10H2,(H2,20,21,23). The lowest BCUT2D eigenvalue weighted by Gasteiger charge is -2.13. The maximum atomic E-state index is 12.5. The van der Waals surface area contributed by atoms with Crippen LogP contribution in [0.15, 0.2) is 53.4 Å². The molecule has 0 saturated heterocycles. The first-order valence-electron chi connectivity index (χ1n) is 6.96. The first kappa shape index (κ1) is 18.2. The number of aliphatic hydroxyl groups is 1. The lowest BCUT2D eigenvalue weighted by molar-refractivity contribution is -0.0328. The molecule has 3 N–H and O–H groups in total. The Bertz CT molecular complexity index is 708. The van der Waals surface area contributed by atoms with Crippen molar-refractivity contribution in [3.8, 4) is 0 Å². The monoisotopic (exact) mass is 356 g/mol. The van der Waals surface area contributed by atoms with Crippen LogP contribution < -0.4 is 10.6 Å². The second-order valence-electron chi connectivity index (χ2n) is 4.78. The summed E-state index contributed by atoms with van der Waals surface area (Å²) in [5.74, 6) is 0. The highest BCUT2D eigenvalue weighted by Gasteiger charge is 2.30. The molecule has 0 unspecified atom stereocenters. The molecule has 2 rings (SSSR count). The number of aliphatic hydroxyl groups excluding tert-OH is 1. The SMILES string of the molecule is O=C(NCc1ccccc1CO)Nc1ccccc1SC(F)(F)F. The zero-order chi connectivity index (χ0) is 17.6. The van der Waals surface area contributed by atoms with Gasteiger partial charge in [-0.3, -0.25) is 0 Å². The van der Waals surface area contributed by atoms with Gasteiger partial charge >= 0.3 is 11.5 Å². The van der Waals surface area contributed by atoms with Gasteiger partial charge < -0.3 is 15.7 Å². The number of carbonyl (C=O) groups excluding carboxylic acids is 1. The number of hydrogen-bond donors (Lipinski definition) is 3. The van der Waals surface area contributed by atoms with Crippen LogP contribution in [0.4, 0.5) is 23.7 Å². The molecule has 0 aliphatic rings. The molecule has 0 aromatic heterocycles. The molecule has 0 atom stereocenters. The van der Waals surface area contributed by atoms with Crippen molar-refractivity contribution in [1.82, 2.24) is 5.32 Å². The van der Waals surface area contributed by atoms with Crippen LogP contribution in [0, 0.1) is 0 Å². The Morgan fingerprint density at radius 3 is 2.33 bits per heavy atom. The van der Waals surface area contributed by atoms with Gasteiger partial charge in [0.1, 0.15) is 0 Å². The normalized spacial score (nSPS) is 11.2. The highest BCUT2D eigenvalue weighted by Crippen LogP contribution is 2.40. The van der Waals surface area contributed by atoms with Crippen molar-refractivity contribution >= 4 is 23.5 Å². The molecule has 2 aromatic carbocycles. The average molecular weight is 356 g/mol. The third-order valence-corrected chi connectivity index (χ3v) is 3.90. The summed E-state index contributed by atoms with van der Waals surface area (Å²) in [6.07, 6.45) is 0. The summed E-state index contributed by atoms with van der Waals surface area (Å²) < 4.78 is 37.6. The van der Waals surface area contributed by atoms with Crippen LogP contribution in [0.5, 0.6) is 0 Å². The molecule has 0 spiro atoms. The van der Waals surface area contributed by atoms with Crippen molar-refractivity contribution < 1.29 is 23.1 Å². The number of hydrogen-bond acceptors (Lipinski definition) is 3. The van der Waals surface area contributed by atoms with E-state index in [9.17, 15) is 23.1 Å². The predicted molar refractivity (Wildman–Crippen MR) is 86.6 cm³/mol. The lowest BCUT2D eigenvalue weighted by atomic mass is 10.1. The predicted octanol–water partition coefficient (Wildman–Crippen LogP) is 4.11. The molecular formula is C16H15F3N2O2S. The number of alkyl halides is 3. The molecule has 4 nitrogen and oxygen atoms in total. The van der Waals surface area contributed by atoms with Crippen LogP contribution in [-0.2, 0) is 13.2 Å². The summed E-state index contributed by atoms with van der Waals surface area (Å²) in [6, 6.07) is 12.1. The Morgan fingerprint density at radius 2 is 1.67 bits per heavy atom. The van der Waals surface area contributed by atoms with E-state index in [4.69, 9.17) is 0 Å². The van der Waals surface area contributed by atoms with Crippen LogP contribution in [-0.4, -0.2) is 16.6 Å². The number of anilines is 1. The third kappa shape index (κ3) is 5.47. The van der Waals surface area contributed by atoms with Gasteiger partial charge in [0, 0.05) is 11.4 Å². The summed E-state index contributed by atoms with van der Waals surface area (Å²) in [7, 11) is 0. The molecule has 0 bridgehead atoms. The smallest absolute Gasteiger partial charge is 0.392 e. The molecule has 0 radical (unpaired) electrons. The summed E-state index contributed by atoms with van der Waals surface area (Å²) >= 11 is -0.286. The number of thioether (sulfide) groups is 1. The molecular weight excluding hydrogens is 341 g/mol. The van der Waals surface area contributed by atoms with Gasteiger partial charge in [-0.1, -0.05) is 36.4 Å². The first-order chi connectivity index (χ1) is 11.4. The topological polar surface area (TPSA) is 61.4 Å². The summed E-state index contributed by atoms with van der Waals surface area (Å²) in [5.41, 5.74) is -2.96. The van der Waals surface area contributed by atoms with Crippen molar-refractivity contribution in [3.63, 3.8) is 0 Å². The van der Waals surface area contributed by atoms with E-state index in [1.807, 2.05) is 0 Å². The molecule has 0 heterocycles. The van der Waals surface area contributed by atoms with E-state index in [-0.39, 0.29) is 35.5 Å². The molecule has 8 heteroatoms. The molecule has 0 fully saturated rings. The number of urea groups is 1. The Hall–Kier alpha value is -2.19. The van der Waals surface area contributed by atoms with Gasteiger partial charge in [0.25, 0.3) is 0 Å². The fourth-order valence-electron chi connectivity index (χ4n) is 2.01. The summed E-state index contributed by atoms with van der Waals surface area (Å²) in [6.45, 7) is -0.0122. The molecule has 0 aliphatic heterocycles. The van der Waals surface area contributed by atoms with Crippen LogP contribution in [0.3, 0.4) is 0 Å². The molecule has 0 aliphatic carbocycles. The van der Waals surface area contributed by atoms with E-state index in [1.54, 1.807) is 24.3 Å². The quantitative estimate of drug-likeness (QED) is 0.707. The van der Waals surface area contributed by atoms with Crippen molar-refractivity contribution in [3.05, 3.63) is 59.7 Å². The summed E-state index contributed by atoms with van der Waals surface area (Å²) in [5, 5.41) is 14.2. The van der Waals surface area contributed by atoms with Crippen LogP contribution in [0.2, 0.25) is 0 Å². The van der Waals surface area contributed by atoms with Crippen LogP contribution in [0.1, 0.15) is 11.1 Å². The molecule has 24 heavy (non-hydrogen) atoms. The van der Waals surface area contributed by atoms with Crippen molar-refractivity contribution in [1.29, 1.82) is 0 Å². The van der Waals surface area contributed by atoms with Gasteiger partial charge in [-0.05, 0) is 35.0 Å². The minimum atomic E-state index is -4.44. The largest absolute Gasteiger partial charge is 0.446 e. The zero-order valence-electron chi connectivity index (χ0n) is 12.4. The maximum absolute atomic E-state index is 12.5. The fourth-order valence-corrected chi connectivity index (χ4v) is 2.63. The van der Waals surface area contributed by atoms with Gasteiger partial charge in [0.15, 0.2) is 0 Å². The summed E-state index contributed by atoms with van der Waals surface area (Å²) in [4.78, 5) is 11.8. The minimum absolute atomic E-state index is 0.0766. The third-order valence-electron chi connectivity index (χ3n) is 3.09. The Labute approximate surface area is 141 Å². The second kappa shape index (κ2) is 8.07. The lowest BCUT2D eigenvalue weighted by Crippen LogP contribution is -2.28.